The molecule has 0 saturated carbocycles. The summed E-state index contributed by atoms with van der Waals surface area (Å²) in [5, 5.41) is 43.3. The molecule has 2 amide bonds. The molecular weight excluding hydrogens is 743 g/mol. The number of anilines is 2. The van der Waals surface area contributed by atoms with Gasteiger partial charge in [0.2, 0.25) is 0 Å². The maximum absolute atomic E-state index is 12.7. The number of aliphatic carboxylic acids is 2. The van der Waals surface area contributed by atoms with Crippen LogP contribution in [-0.2, 0) is 19.2 Å². The SMILES string of the molecule is O=C(O)[C@@H](O)CNCCN1C(=O)COc2cc(-c3cccc(-c4cccc(-c5ccc6c(c5)OCC(=O)N6CCNC[C@H](O)C(=O)O)c4Cl)c3Cl)ccc21. The second-order valence-electron chi connectivity index (χ2n) is 12.5. The molecule has 4 aromatic carbocycles. The van der Waals surface area contributed by atoms with Crippen molar-refractivity contribution in [2.75, 3.05) is 62.3 Å². The Bertz CT molecular complexity index is 1950. The molecule has 2 heterocycles. The van der Waals surface area contributed by atoms with E-state index in [-0.39, 0.29) is 64.3 Å². The molecule has 14 nitrogen and oxygen atoms in total. The number of nitrogens with one attached hydrogen (secondary N) is 2. The van der Waals surface area contributed by atoms with Gasteiger partial charge in [-0.25, -0.2) is 9.59 Å². The Morgan fingerprint density at radius 3 is 1.43 bits per heavy atom. The van der Waals surface area contributed by atoms with Crippen molar-refractivity contribution in [1.82, 2.24) is 10.6 Å². The zero-order valence-electron chi connectivity index (χ0n) is 28.6. The lowest BCUT2D eigenvalue weighted by molar-refractivity contribution is -0.147. The minimum Gasteiger partial charge on any atom is -0.482 e. The van der Waals surface area contributed by atoms with Crippen LogP contribution >= 0.6 is 23.2 Å². The molecule has 2 aliphatic rings. The second kappa shape index (κ2) is 16.8. The summed E-state index contributed by atoms with van der Waals surface area (Å²) in [6, 6.07) is 22.0. The number of carbonyl (C=O) groups is 4. The maximum atomic E-state index is 12.7. The van der Waals surface area contributed by atoms with E-state index in [0.29, 0.717) is 55.2 Å². The highest BCUT2D eigenvalue weighted by Crippen LogP contribution is 2.45. The number of hydrogen-bond donors (Lipinski definition) is 6. The van der Waals surface area contributed by atoms with Gasteiger partial charge in [-0.2, -0.15) is 0 Å². The molecular formula is C38H36Cl2N4O10. The van der Waals surface area contributed by atoms with E-state index in [4.69, 9.17) is 42.9 Å². The van der Waals surface area contributed by atoms with E-state index >= 15 is 0 Å². The number of ether oxygens (including phenoxy) is 2. The van der Waals surface area contributed by atoms with Crippen molar-refractivity contribution >= 4 is 58.3 Å². The lowest BCUT2D eigenvalue weighted by Gasteiger charge is -2.30. The van der Waals surface area contributed by atoms with Crippen LogP contribution in [0.1, 0.15) is 0 Å². The fourth-order valence-electron chi connectivity index (χ4n) is 6.19. The van der Waals surface area contributed by atoms with Gasteiger partial charge in [-0.05, 0) is 35.4 Å². The average molecular weight is 780 g/mol. The summed E-state index contributed by atoms with van der Waals surface area (Å²) in [6.07, 6.45) is -3.10. The minimum absolute atomic E-state index is 0.157. The Hall–Kier alpha value is -5.22. The lowest BCUT2D eigenvalue weighted by Crippen LogP contribution is -2.44. The van der Waals surface area contributed by atoms with Crippen molar-refractivity contribution in [3.63, 3.8) is 0 Å². The first-order chi connectivity index (χ1) is 25.9. The topological polar surface area (TPSA) is 198 Å². The number of nitrogens with zero attached hydrogens (tertiary/aromatic N) is 2. The van der Waals surface area contributed by atoms with Gasteiger partial charge in [0.1, 0.15) is 11.5 Å². The smallest absolute Gasteiger partial charge is 0.333 e. The Morgan fingerprint density at radius 1 is 0.648 bits per heavy atom. The lowest BCUT2D eigenvalue weighted by atomic mass is 9.95. The van der Waals surface area contributed by atoms with Crippen LogP contribution in [0.4, 0.5) is 11.4 Å². The molecule has 54 heavy (non-hydrogen) atoms. The van der Waals surface area contributed by atoms with E-state index in [1.807, 2.05) is 48.5 Å². The van der Waals surface area contributed by atoms with Gasteiger partial charge in [0, 0.05) is 61.5 Å². The largest absolute Gasteiger partial charge is 0.482 e. The summed E-state index contributed by atoms with van der Waals surface area (Å²) in [6.45, 7) is 0.306. The van der Waals surface area contributed by atoms with E-state index in [0.717, 1.165) is 11.1 Å². The first-order valence-corrected chi connectivity index (χ1v) is 17.7. The van der Waals surface area contributed by atoms with Crippen LogP contribution in [0.2, 0.25) is 10.0 Å². The predicted molar refractivity (Wildman–Crippen MR) is 201 cm³/mol. The molecule has 2 atom stereocenters. The molecule has 0 radical (unpaired) electrons. The summed E-state index contributed by atoms with van der Waals surface area (Å²) in [5.74, 6) is -2.24. The Morgan fingerprint density at radius 2 is 1.04 bits per heavy atom. The molecule has 0 unspecified atom stereocenters. The first kappa shape index (κ1) is 38.5. The van der Waals surface area contributed by atoms with E-state index in [9.17, 15) is 29.4 Å². The highest BCUT2D eigenvalue weighted by atomic mass is 35.5. The monoisotopic (exact) mass is 778 g/mol. The van der Waals surface area contributed by atoms with Gasteiger partial charge in [0.05, 0.1) is 21.4 Å². The third-order valence-corrected chi connectivity index (χ3v) is 9.80. The zero-order valence-corrected chi connectivity index (χ0v) is 30.1. The van der Waals surface area contributed by atoms with Crippen LogP contribution in [0.25, 0.3) is 33.4 Å². The molecule has 0 bridgehead atoms. The third-order valence-electron chi connectivity index (χ3n) is 8.99. The second-order valence-corrected chi connectivity index (χ2v) is 13.2. The number of aliphatic hydroxyl groups is 2. The van der Waals surface area contributed by atoms with Gasteiger partial charge in [-0.15, -0.1) is 0 Å². The van der Waals surface area contributed by atoms with Gasteiger partial charge < -0.3 is 50.3 Å². The van der Waals surface area contributed by atoms with Crippen molar-refractivity contribution < 1.29 is 49.1 Å². The standard InChI is InChI=1S/C38H36Cl2N4O10/c39-35-23(21-7-9-27-31(15-21)53-19-33(47)43(27)13-11-41-17-29(45)37(49)50)3-1-5-25(35)26-6-2-4-24(36(26)40)22-8-10-28-32(16-22)54-20-34(48)44(28)14-12-42-18-30(46)38(51)52/h1-10,15-16,29-30,41-42,45-46H,11-14,17-20H2,(H,49,50)(H,51,52)/t29-,30-/m0/s1. The molecule has 0 aliphatic carbocycles. The number of amides is 2. The van der Waals surface area contributed by atoms with Crippen molar-refractivity contribution in [1.29, 1.82) is 0 Å². The number of hydrogen-bond acceptors (Lipinski definition) is 10. The Labute approximate surface area is 319 Å². The summed E-state index contributed by atoms with van der Waals surface area (Å²) < 4.78 is 11.6. The van der Waals surface area contributed by atoms with Crippen molar-refractivity contribution in [2.45, 2.75) is 12.2 Å². The average Bonchev–Trinajstić information content (AvgIpc) is 3.16. The van der Waals surface area contributed by atoms with Gasteiger partial charge in [-0.3, -0.25) is 9.59 Å². The Kier molecular flexibility index (Phi) is 12.0. The fraction of sp³-hybridized carbons (Fsp3) is 0.263. The molecule has 0 fully saturated rings. The predicted octanol–water partition coefficient (Wildman–Crippen LogP) is 3.52. The molecule has 0 spiro atoms. The first-order valence-electron chi connectivity index (χ1n) is 16.9. The highest BCUT2D eigenvalue weighted by molar-refractivity contribution is 6.39. The van der Waals surface area contributed by atoms with Crippen LogP contribution < -0.4 is 29.9 Å². The van der Waals surface area contributed by atoms with Gasteiger partial charge in [0.25, 0.3) is 11.8 Å². The van der Waals surface area contributed by atoms with Crippen LogP contribution in [-0.4, -0.2) is 109 Å². The van der Waals surface area contributed by atoms with Crippen LogP contribution in [0.15, 0.2) is 72.8 Å². The molecule has 6 rings (SSSR count). The molecule has 0 saturated heterocycles. The summed E-state index contributed by atoms with van der Waals surface area (Å²) in [7, 11) is 0. The molecule has 282 valence electrons. The number of carboxylic acids is 2. The maximum Gasteiger partial charge on any atom is 0.333 e. The van der Waals surface area contributed by atoms with Crippen molar-refractivity contribution in [2.24, 2.45) is 0 Å². The summed E-state index contributed by atoms with van der Waals surface area (Å²) in [4.78, 5) is 50.2. The normalized spacial score (nSPS) is 14.8. The van der Waals surface area contributed by atoms with Crippen LogP contribution in [0, 0.1) is 0 Å². The number of carbonyl (C=O) groups excluding carboxylic acids is 2. The summed E-state index contributed by atoms with van der Waals surface area (Å²) >= 11 is 14.2. The van der Waals surface area contributed by atoms with Crippen molar-refractivity contribution in [3.05, 3.63) is 82.8 Å². The molecule has 6 N–H and O–H groups in total. The van der Waals surface area contributed by atoms with Gasteiger partial charge in [-0.1, -0.05) is 71.7 Å². The fourth-order valence-corrected chi connectivity index (χ4v) is 6.87. The highest BCUT2D eigenvalue weighted by Gasteiger charge is 2.28. The van der Waals surface area contributed by atoms with E-state index in [1.165, 1.54) is 0 Å². The minimum atomic E-state index is -1.55. The number of fused-ring (bicyclic) bond motifs is 2. The van der Waals surface area contributed by atoms with E-state index in [1.54, 1.807) is 34.1 Å². The Balaban J connectivity index is 1.21. The molecule has 4 aromatic rings. The van der Waals surface area contributed by atoms with E-state index in [2.05, 4.69) is 10.6 Å². The quantitative estimate of drug-likeness (QED) is 0.0963. The molecule has 16 heteroatoms. The number of halogens is 2. The molecule has 0 aromatic heterocycles. The number of rotatable bonds is 15. The van der Waals surface area contributed by atoms with Gasteiger partial charge in [0.15, 0.2) is 25.4 Å². The zero-order chi connectivity index (χ0) is 38.5. The van der Waals surface area contributed by atoms with Crippen molar-refractivity contribution in [3.8, 4) is 44.9 Å². The molecule has 2 aliphatic heterocycles. The van der Waals surface area contributed by atoms with E-state index < -0.39 is 24.1 Å². The number of carboxylic acid groups (broad SMARTS) is 2. The summed E-state index contributed by atoms with van der Waals surface area (Å²) in [5.41, 5.74) is 5.34. The number of benzene rings is 4. The van der Waals surface area contributed by atoms with Gasteiger partial charge >= 0.3 is 11.9 Å². The van der Waals surface area contributed by atoms with Crippen LogP contribution in [0.3, 0.4) is 0 Å². The third kappa shape index (κ3) is 8.29. The van der Waals surface area contributed by atoms with Crippen LogP contribution in [0.5, 0.6) is 11.5 Å². The number of aliphatic hydroxyl groups excluding tert-OH is 2.